The van der Waals surface area contributed by atoms with Gasteiger partial charge in [-0.05, 0) is 17.8 Å². The molecule has 0 N–H and O–H groups in total. The van der Waals surface area contributed by atoms with Crippen LogP contribution in [0.2, 0.25) is 0 Å². The lowest BCUT2D eigenvalue weighted by molar-refractivity contribution is 0.103. The minimum Gasteiger partial charge on any atom is -0.289 e. The highest BCUT2D eigenvalue weighted by atomic mass is 32.1. The third-order valence-electron chi connectivity index (χ3n) is 2.58. The molecule has 0 atom stereocenters. The summed E-state index contributed by atoms with van der Waals surface area (Å²) in [7, 11) is 0. The van der Waals surface area contributed by atoms with Crippen molar-refractivity contribution >= 4 is 23.2 Å². The van der Waals surface area contributed by atoms with Crippen LogP contribution in [0.1, 0.15) is 21.5 Å². The maximum Gasteiger partial charge on any atom is 0.193 e. The molecule has 0 bridgehead atoms. The van der Waals surface area contributed by atoms with Crippen LogP contribution in [-0.4, -0.2) is 10.9 Å². The van der Waals surface area contributed by atoms with Crippen molar-refractivity contribution in [2.75, 3.05) is 0 Å². The zero-order chi connectivity index (χ0) is 12.8. The van der Waals surface area contributed by atoms with Crippen LogP contribution in [0.15, 0.2) is 59.6 Å². The van der Waals surface area contributed by atoms with Crippen LogP contribution in [0, 0.1) is 0 Å². The summed E-state index contributed by atoms with van der Waals surface area (Å²) in [5, 5.41) is 2.32. The van der Waals surface area contributed by atoms with Gasteiger partial charge in [-0.2, -0.15) is 0 Å². The van der Waals surface area contributed by atoms with Crippen molar-refractivity contribution in [2.45, 2.75) is 6.54 Å². The molecule has 2 rings (SSSR count). The number of hydrogen-bond donors (Lipinski definition) is 0. The Morgan fingerprint density at radius 3 is 2.22 bits per heavy atom. The Hall–Kier alpha value is -2.09. The molecule has 0 unspecified atom stereocenters. The van der Waals surface area contributed by atoms with E-state index in [-0.39, 0.29) is 5.78 Å². The van der Waals surface area contributed by atoms with Crippen molar-refractivity contribution in [1.29, 1.82) is 0 Å². The summed E-state index contributed by atoms with van der Waals surface area (Å²) in [6.45, 7) is 0.503. The van der Waals surface area contributed by atoms with E-state index < -0.39 is 0 Å². The first-order chi connectivity index (χ1) is 8.81. The first-order valence-electron chi connectivity index (χ1n) is 5.53. The zero-order valence-corrected chi connectivity index (χ0v) is 10.5. The molecule has 0 amide bonds. The van der Waals surface area contributed by atoms with Crippen LogP contribution in [0.5, 0.6) is 0 Å². The molecule has 2 aromatic rings. The summed E-state index contributed by atoms with van der Waals surface area (Å²) in [6, 6.07) is 16.6. The molecule has 0 aromatic heterocycles. The number of thiocarbonyl (C=S) groups is 1. The predicted molar refractivity (Wildman–Crippen MR) is 75.0 cm³/mol. The van der Waals surface area contributed by atoms with Crippen molar-refractivity contribution in [3.8, 4) is 0 Å². The number of ketones is 1. The Balaban J connectivity index is 2.19. The molecular formula is C15H11NOS. The van der Waals surface area contributed by atoms with E-state index in [9.17, 15) is 4.79 Å². The predicted octanol–water partition coefficient (Wildman–Crippen LogP) is 3.52. The van der Waals surface area contributed by atoms with Gasteiger partial charge in [0, 0.05) is 11.1 Å². The number of isothiocyanates is 1. The summed E-state index contributed by atoms with van der Waals surface area (Å²) >= 11 is 4.51. The van der Waals surface area contributed by atoms with Gasteiger partial charge in [0.2, 0.25) is 0 Å². The van der Waals surface area contributed by atoms with Crippen molar-refractivity contribution in [3.05, 3.63) is 71.3 Å². The summed E-state index contributed by atoms with van der Waals surface area (Å²) < 4.78 is 0. The second-order valence-corrected chi connectivity index (χ2v) is 3.98. The van der Waals surface area contributed by atoms with Crippen LogP contribution in [0.3, 0.4) is 0 Å². The minimum atomic E-state index is 0.0282. The first kappa shape index (κ1) is 12.4. The second kappa shape index (κ2) is 6.01. The number of carbonyl (C=O) groups is 1. The molecule has 0 fully saturated rings. The van der Waals surface area contributed by atoms with Gasteiger partial charge in [0.1, 0.15) is 0 Å². The average molecular weight is 253 g/mol. The number of aliphatic imine (C=N–C) groups is 1. The second-order valence-electron chi connectivity index (χ2n) is 3.80. The molecule has 88 valence electrons. The quantitative estimate of drug-likeness (QED) is 0.474. The number of hydrogen-bond acceptors (Lipinski definition) is 3. The molecule has 0 radical (unpaired) electrons. The lowest BCUT2D eigenvalue weighted by atomic mass is 10.0. The highest BCUT2D eigenvalue weighted by Gasteiger charge is 2.07. The lowest BCUT2D eigenvalue weighted by Gasteiger charge is -2.02. The van der Waals surface area contributed by atoms with Gasteiger partial charge < -0.3 is 0 Å². The van der Waals surface area contributed by atoms with Crippen LogP contribution >= 0.6 is 12.2 Å². The van der Waals surface area contributed by atoms with Crippen molar-refractivity contribution in [1.82, 2.24) is 0 Å². The van der Waals surface area contributed by atoms with Gasteiger partial charge in [0.05, 0.1) is 11.7 Å². The first-order valence-corrected chi connectivity index (χ1v) is 5.94. The Bertz CT molecular complexity index is 584. The number of benzene rings is 2. The fourth-order valence-electron chi connectivity index (χ4n) is 1.64. The highest BCUT2D eigenvalue weighted by Crippen LogP contribution is 2.11. The Morgan fingerprint density at radius 2 is 1.61 bits per heavy atom. The van der Waals surface area contributed by atoms with E-state index in [1.165, 1.54) is 0 Å². The largest absolute Gasteiger partial charge is 0.289 e. The molecule has 2 nitrogen and oxygen atoms in total. The zero-order valence-electron chi connectivity index (χ0n) is 9.67. The van der Waals surface area contributed by atoms with Gasteiger partial charge in [0.25, 0.3) is 0 Å². The standard InChI is InChI=1S/C15H11NOS/c17-15(13-4-2-1-3-5-13)14-8-6-12(7-9-14)10-16-11-18/h1-9H,10H2. The van der Waals surface area contributed by atoms with E-state index in [2.05, 4.69) is 22.4 Å². The summed E-state index contributed by atoms with van der Waals surface area (Å²) in [5.41, 5.74) is 2.38. The van der Waals surface area contributed by atoms with E-state index in [0.29, 0.717) is 17.7 Å². The summed E-state index contributed by atoms with van der Waals surface area (Å²) in [6.07, 6.45) is 0. The van der Waals surface area contributed by atoms with Crippen LogP contribution < -0.4 is 0 Å². The molecule has 18 heavy (non-hydrogen) atoms. The van der Waals surface area contributed by atoms with E-state index >= 15 is 0 Å². The molecule has 0 spiro atoms. The smallest absolute Gasteiger partial charge is 0.193 e. The minimum absolute atomic E-state index is 0.0282. The van der Waals surface area contributed by atoms with Crippen molar-refractivity contribution < 1.29 is 4.79 Å². The number of carbonyl (C=O) groups excluding carboxylic acids is 1. The van der Waals surface area contributed by atoms with Gasteiger partial charge in [-0.1, -0.05) is 54.6 Å². The fourth-order valence-corrected chi connectivity index (χ4v) is 1.71. The Kier molecular flexibility index (Phi) is 4.13. The Morgan fingerprint density at radius 1 is 1.00 bits per heavy atom. The molecule has 0 saturated carbocycles. The van der Waals surface area contributed by atoms with Gasteiger partial charge in [-0.25, -0.2) is 4.99 Å². The van der Waals surface area contributed by atoms with Gasteiger partial charge in [-0.15, -0.1) is 0 Å². The maximum absolute atomic E-state index is 12.1. The summed E-state index contributed by atoms with van der Waals surface area (Å²) in [4.78, 5) is 16.0. The average Bonchev–Trinajstić information content (AvgIpc) is 2.46. The topological polar surface area (TPSA) is 29.4 Å². The molecule has 0 saturated heterocycles. The molecule has 0 heterocycles. The molecule has 3 heteroatoms. The lowest BCUT2D eigenvalue weighted by Crippen LogP contribution is -2.00. The van der Waals surface area contributed by atoms with Crippen LogP contribution in [0.25, 0.3) is 0 Å². The normalized spacial score (nSPS) is 9.56. The number of nitrogens with zero attached hydrogens (tertiary/aromatic N) is 1. The molecule has 0 aliphatic rings. The van der Waals surface area contributed by atoms with Gasteiger partial charge >= 0.3 is 0 Å². The Labute approximate surface area is 111 Å². The monoisotopic (exact) mass is 253 g/mol. The van der Waals surface area contributed by atoms with Gasteiger partial charge in [-0.3, -0.25) is 4.79 Å². The van der Waals surface area contributed by atoms with Crippen molar-refractivity contribution in [3.63, 3.8) is 0 Å². The highest BCUT2D eigenvalue weighted by molar-refractivity contribution is 7.78. The third-order valence-corrected chi connectivity index (χ3v) is 2.71. The van der Waals surface area contributed by atoms with Crippen LogP contribution in [0.4, 0.5) is 0 Å². The van der Waals surface area contributed by atoms with Crippen LogP contribution in [-0.2, 0) is 6.54 Å². The SMILES string of the molecule is O=C(c1ccccc1)c1ccc(CN=C=S)cc1. The molecule has 0 aliphatic heterocycles. The molecule has 2 aromatic carbocycles. The fraction of sp³-hybridized carbons (Fsp3) is 0.0667. The molecular weight excluding hydrogens is 242 g/mol. The van der Waals surface area contributed by atoms with E-state index in [0.717, 1.165) is 5.56 Å². The van der Waals surface area contributed by atoms with E-state index in [1.54, 1.807) is 0 Å². The van der Waals surface area contributed by atoms with Crippen molar-refractivity contribution in [2.24, 2.45) is 4.99 Å². The van der Waals surface area contributed by atoms with E-state index in [1.807, 2.05) is 54.6 Å². The third kappa shape index (κ3) is 2.98. The maximum atomic E-state index is 12.1. The van der Waals surface area contributed by atoms with Gasteiger partial charge in [0.15, 0.2) is 5.78 Å². The van der Waals surface area contributed by atoms with E-state index in [4.69, 9.17) is 0 Å². The molecule has 0 aliphatic carbocycles. The number of rotatable bonds is 4. The summed E-state index contributed by atoms with van der Waals surface area (Å²) in [5.74, 6) is 0.0282.